The van der Waals surface area contributed by atoms with E-state index in [9.17, 15) is 9.59 Å². The van der Waals surface area contributed by atoms with Gasteiger partial charge in [0, 0.05) is 12.8 Å². The molecule has 0 aromatic heterocycles. The van der Waals surface area contributed by atoms with Crippen molar-refractivity contribution in [2.24, 2.45) is 16.3 Å². The van der Waals surface area contributed by atoms with Gasteiger partial charge in [-0.2, -0.15) is 5.10 Å². The molecule has 2 aliphatic heterocycles. The van der Waals surface area contributed by atoms with Crippen LogP contribution in [0.3, 0.4) is 0 Å². The first kappa shape index (κ1) is 14.7. The lowest BCUT2D eigenvalue weighted by molar-refractivity contribution is -0.158. The van der Waals surface area contributed by atoms with Crippen LogP contribution in [0, 0.1) is 5.41 Å². The summed E-state index contributed by atoms with van der Waals surface area (Å²) in [6.45, 7) is 5.14. The van der Waals surface area contributed by atoms with E-state index in [1.807, 2.05) is 0 Å². The van der Waals surface area contributed by atoms with Crippen LogP contribution < -0.4 is 11.2 Å². The van der Waals surface area contributed by atoms with Crippen LogP contribution in [0.1, 0.15) is 33.6 Å². The molecule has 110 valence electrons. The van der Waals surface area contributed by atoms with Crippen molar-refractivity contribution < 1.29 is 19.1 Å². The second kappa shape index (κ2) is 4.69. The molecule has 2 aliphatic rings. The number of carbonyl (C=O) groups excluding carboxylic acids is 2. The van der Waals surface area contributed by atoms with Crippen LogP contribution in [-0.4, -0.2) is 34.5 Å². The van der Waals surface area contributed by atoms with Crippen molar-refractivity contribution in [3.05, 3.63) is 0 Å². The number of hydrogen-bond donors (Lipinski definition) is 2. The number of esters is 2. The maximum absolute atomic E-state index is 12.2. The Morgan fingerprint density at radius 2 is 2.15 bits per heavy atom. The summed E-state index contributed by atoms with van der Waals surface area (Å²) in [5.74, 6) is -1.08. The monoisotopic (exact) mass is 299 g/mol. The van der Waals surface area contributed by atoms with E-state index in [1.54, 1.807) is 20.8 Å². The van der Waals surface area contributed by atoms with Gasteiger partial charge in [-0.3, -0.25) is 15.0 Å². The SMILES string of the molecule is C/C(=N/NC(N)=S)[C@@]1(C)C[C@@]2(C[C@H](C)OC2=O)C(=O)O1. The Kier molecular flexibility index (Phi) is 3.45. The van der Waals surface area contributed by atoms with Gasteiger partial charge in [0.1, 0.15) is 6.10 Å². The van der Waals surface area contributed by atoms with Crippen LogP contribution in [0.15, 0.2) is 5.10 Å². The van der Waals surface area contributed by atoms with Crippen LogP contribution in [-0.2, 0) is 19.1 Å². The minimum atomic E-state index is -1.21. The van der Waals surface area contributed by atoms with E-state index in [0.717, 1.165) is 0 Å². The molecule has 20 heavy (non-hydrogen) atoms. The van der Waals surface area contributed by atoms with Crippen molar-refractivity contribution in [1.29, 1.82) is 0 Å². The summed E-state index contributed by atoms with van der Waals surface area (Å²) >= 11 is 4.66. The number of rotatable bonds is 2. The second-order valence-corrected chi connectivity index (χ2v) is 5.91. The molecule has 0 aliphatic carbocycles. The Bertz CT molecular complexity index is 521. The fraction of sp³-hybridized carbons (Fsp3) is 0.667. The predicted molar refractivity (Wildman–Crippen MR) is 74.7 cm³/mol. The molecule has 3 atom stereocenters. The van der Waals surface area contributed by atoms with Gasteiger partial charge in [0.25, 0.3) is 0 Å². The quantitative estimate of drug-likeness (QED) is 0.247. The van der Waals surface area contributed by atoms with Gasteiger partial charge in [0.15, 0.2) is 16.1 Å². The number of thiocarbonyl (C=S) groups is 1. The van der Waals surface area contributed by atoms with Crippen molar-refractivity contribution in [2.45, 2.75) is 45.3 Å². The zero-order chi connectivity index (χ0) is 15.1. The lowest BCUT2D eigenvalue weighted by Crippen LogP contribution is -2.37. The fourth-order valence-electron chi connectivity index (χ4n) is 2.67. The highest BCUT2D eigenvalue weighted by molar-refractivity contribution is 7.80. The molecular formula is C12H17N3O4S. The van der Waals surface area contributed by atoms with Crippen molar-refractivity contribution >= 4 is 35.0 Å². The van der Waals surface area contributed by atoms with E-state index in [4.69, 9.17) is 15.2 Å². The first-order valence-corrected chi connectivity index (χ1v) is 6.65. The molecule has 0 unspecified atom stereocenters. The summed E-state index contributed by atoms with van der Waals surface area (Å²) in [6, 6.07) is 0. The van der Waals surface area contributed by atoms with Crippen LogP contribution >= 0.6 is 12.2 Å². The molecule has 1 spiro atoms. The smallest absolute Gasteiger partial charge is 0.324 e. The number of nitrogens with zero attached hydrogens (tertiary/aromatic N) is 1. The average molecular weight is 299 g/mol. The summed E-state index contributed by atoms with van der Waals surface area (Å²) in [5, 5.41) is 4.00. The molecule has 2 saturated heterocycles. The number of carbonyl (C=O) groups is 2. The number of hydrogen-bond acceptors (Lipinski definition) is 6. The average Bonchev–Trinajstić information content (AvgIpc) is 2.75. The summed E-state index contributed by atoms with van der Waals surface area (Å²) in [4.78, 5) is 24.1. The van der Waals surface area contributed by atoms with Crippen molar-refractivity contribution in [3.63, 3.8) is 0 Å². The van der Waals surface area contributed by atoms with Gasteiger partial charge < -0.3 is 15.2 Å². The van der Waals surface area contributed by atoms with Gasteiger partial charge in [0.2, 0.25) is 0 Å². The van der Waals surface area contributed by atoms with Gasteiger partial charge in [-0.25, -0.2) is 0 Å². The number of nitrogens with one attached hydrogen (secondary N) is 1. The molecule has 3 N–H and O–H groups in total. The minimum Gasteiger partial charge on any atom is -0.462 e. The minimum absolute atomic E-state index is 0.0147. The van der Waals surface area contributed by atoms with Crippen LogP contribution in [0.4, 0.5) is 0 Å². The van der Waals surface area contributed by atoms with Crippen molar-refractivity contribution in [2.75, 3.05) is 0 Å². The molecule has 0 amide bonds. The van der Waals surface area contributed by atoms with Gasteiger partial charge in [-0.05, 0) is 33.0 Å². The Labute approximate surface area is 121 Å². The number of hydrazone groups is 1. The Balaban J connectivity index is 2.25. The summed E-state index contributed by atoms with van der Waals surface area (Å²) in [6.07, 6.45) is 0.247. The molecule has 2 fully saturated rings. The van der Waals surface area contributed by atoms with E-state index in [2.05, 4.69) is 22.7 Å². The van der Waals surface area contributed by atoms with Crippen molar-refractivity contribution in [1.82, 2.24) is 5.43 Å². The normalized spacial score (nSPS) is 37.0. The maximum atomic E-state index is 12.2. The zero-order valence-electron chi connectivity index (χ0n) is 11.6. The molecule has 8 heteroatoms. The largest absolute Gasteiger partial charge is 0.462 e. The highest BCUT2D eigenvalue weighted by Gasteiger charge is 2.64. The number of ether oxygens (including phenoxy) is 2. The summed E-state index contributed by atoms with van der Waals surface area (Å²) in [7, 11) is 0. The molecule has 7 nitrogen and oxygen atoms in total. The van der Waals surface area contributed by atoms with Crippen LogP contribution in [0.25, 0.3) is 0 Å². The predicted octanol–water partition coefficient (Wildman–Crippen LogP) is 0.223. The van der Waals surface area contributed by atoms with E-state index < -0.39 is 23.0 Å². The molecule has 2 rings (SSSR count). The third-order valence-electron chi connectivity index (χ3n) is 3.78. The first-order chi connectivity index (χ1) is 9.19. The third-order valence-corrected chi connectivity index (χ3v) is 3.87. The molecule has 0 radical (unpaired) electrons. The summed E-state index contributed by atoms with van der Waals surface area (Å²) in [5.41, 5.74) is 6.05. The highest BCUT2D eigenvalue weighted by Crippen LogP contribution is 2.49. The molecule has 0 aromatic carbocycles. The van der Waals surface area contributed by atoms with Gasteiger partial charge in [-0.15, -0.1) is 0 Å². The number of nitrogens with two attached hydrogens (primary N) is 1. The molecule has 2 heterocycles. The van der Waals surface area contributed by atoms with E-state index in [-0.39, 0.29) is 17.6 Å². The summed E-state index contributed by atoms with van der Waals surface area (Å²) < 4.78 is 10.5. The Hall–Kier alpha value is -1.70. The van der Waals surface area contributed by atoms with Gasteiger partial charge >= 0.3 is 11.9 Å². The first-order valence-electron chi connectivity index (χ1n) is 6.24. The third kappa shape index (κ3) is 2.24. The molecular weight excluding hydrogens is 282 g/mol. The molecule has 0 bridgehead atoms. The highest BCUT2D eigenvalue weighted by atomic mass is 32.1. The number of cyclic esters (lactones) is 2. The van der Waals surface area contributed by atoms with E-state index in [1.165, 1.54) is 0 Å². The fourth-order valence-corrected chi connectivity index (χ4v) is 2.71. The van der Waals surface area contributed by atoms with E-state index >= 15 is 0 Å². The van der Waals surface area contributed by atoms with Crippen molar-refractivity contribution in [3.8, 4) is 0 Å². The topological polar surface area (TPSA) is 103 Å². The Morgan fingerprint density at radius 3 is 2.65 bits per heavy atom. The van der Waals surface area contributed by atoms with Crippen LogP contribution in [0.5, 0.6) is 0 Å². The second-order valence-electron chi connectivity index (χ2n) is 5.47. The lowest BCUT2D eigenvalue weighted by atomic mass is 9.77. The Morgan fingerprint density at radius 1 is 1.50 bits per heavy atom. The van der Waals surface area contributed by atoms with Crippen LogP contribution in [0.2, 0.25) is 0 Å². The molecule has 0 aromatic rings. The zero-order valence-corrected chi connectivity index (χ0v) is 12.4. The van der Waals surface area contributed by atoms with E-state index in [0.29, 0.717) is 12.1 Å². The maximum Gasteiger partial charge on any atom is 0.324 e. The molecule has 0 saturated carbocycles. The lowest BCUT2D eigenvalue weighted by Gasteiger charge is -2.22. The van der Waals surface area contributed by atoms with Gasteiger partial charge in [0.05, 0.1) is 5.71 Å². The van der Waals surface area contributed by atoms with Gasteiger partial charge in [-0.1, -0.05) is 0 Å². The standard InChI is InChI=1S/C12H17N3O4S/c1-6-4-12(8(16)18-6)5-11(3,19-9(12)17)7(2)14-15-10(13)20/h6H,4-5H2,1-3H3,(H3,13,15,20)/b14-7-/t6-,11+,12+/m0/s1.